The predicted molar refractivity (Wildman–Crippen MR) is 79.5 cm³/mol. The summed E-state index contributed by atoms with van der Waals surface area (Å²) >= 11 is 0. The van der Waals surface area contributed by atoms with Crippen LogP contribution in [0.3, 0.4) is 0 Å². The molecule has 0 bridgehead atoms. The summed E-state index contributed by atoms with van der Waals surface area (Å²) < 4.78 is 13.9. The molecule has 0 atom stereocenters. The second-order valence-electron chi connectivity index (χ2n) is 5.25. The van der Waals surface area contributed by atoms with Gasteiger partial charge in [0, 0.05) is 41.7 Å². The average Bonchev–Trinajstić information content (AvgIpc) is 2.85. The molecule has 0 saturated carbocycles. The van der Waals surface area contributed by atoms with Crippen molar-refractivity contribution in [2.75, 3.05) is 11.4 Å². The minimum absolute atomic E-state index is 0.143. The van der Waals surface area contributed by atoms with Crippen molar-refractivity contribution in [3.63, 3.8) is 0 Å². The molecule has 3 aromatic rings. The van der Waals surface area contributed by atoms with Crippen LogP contribution in [0.1, 0.15) is 11.3 Å². The van der Waals surface area contributed by atoms with Gasteiger partial charge in [-0.15, -0.1) is 0 Å². The van der Waals surface area contributed by atoms with Gasteiger partial charge in [-0.2, -0.15) is 0 Å². The van der Waals surface area contributed by atoms with Gasteiger partial charge in [0.1, 0.15) is 5.82 Å². The van der Waals surface area contributed by atoms with Crippen molar-refractivity contribution in [3.05, 3.63) is 65.6 Å². The van der Waals surface area contributed by atoms with Crippen molar-refractivity contribution in [2.45, 2.75) is 13.0 Å². The molecule has 1 aromatic heterocycles. The summed E-state index contributed by atoms with van der Waals surface area (Å²) in [6.45, 7) is 1.61. The van der Waals surface area contributed by atoms with Gasteiger partial charge >= 0.3 is 0 Å². The van der Waals surface area contributed by atoms with Crippen LogP contribution in [0, 0.1) is 5.82 Å². The van der Waals surface area contributed by atoms with E-state index < -0.39 is 0 Å². The summed E-state index contributed by atoms with van der Waals surface area (Å²) in [6.07, 6.45) is 0.929. The van der Waals surface area contributed by atoms with E-state index in [1.807, 2.05) is 18.2 Å². The van der Waals surface area contributed by atoms with Gasteiger partial charge in [-0.25, -0.2) is 4.39 Å². The Morgan fingerprint density at radius 1 is 1.00 bits per heavy atom. The van der Waals surface area contributed by atoms with Crippen LogP contribution in [0.25, 0.3) is 10.9 Å². The molecule has 20 heavy (non-hydrogen) atoms. The Bertz CT molecular complexity index is 776. The first kappa shape index (κ1) is 11.5. The SMILES string of the molecule is Fc1ccccc1N1CCc2[nH]c3ccccc3c2C1. The molecular weight excluding hydrogens is 251 g/mol. The smallest absolute Gasteiger partial charge is 0.146 e. The molecule has 3 heteroatoms. The number of aromatic amines is 1. The van der Waals surface area contributed by atoms with Gasteiger partial charge in [0.2, 0.25) is 0 Å². The third-order valence-electron chi connectivity index (χ3n) is 4.08. The van der Waals surface area contributed by atoms with Crippen molar-refractivity contribution >= 4 is 16.6 Å². The highest BCUT2D eigenvalue weighted by atomic mass is 19.1. The van der Waals surface area contributed by atoms with Crippen LogP contribution in [0.15, 0.2) is 48.5 Å². The second-order valence-corrected chi connectivity index (χ2v) is 5.25. The summed E-state index contributed by atoms with van der Waals surface area (Å²) in [5.41, 5.74) is 4.46. The third kappa shape index (κ3) is 1.70. The summed E-state index contributed by atoms with van der Waals surface area (Å²) in [4.78, 5) is 5.61. The Balaban J connectivity index is 1.78. The number of nitrogens with one attached hydrogen (secondary N) is 1. The van der Waals surface area contributed by atoms with Gasteiger partial charge in [0.25, 0.3) is 0 Å². The van der Waals surface area contributed by atoms with E-state index in [0.29, 0.717) is 5.69 Å². The maximum Gasteiger partial charge on any atom is 0.146 e. The Kier molecular flexibility index (Phi) is 2.52. The number of nitrogens with zero attached hydrogens (tertiary/aromatic N) is 1. The standard InChI is InChI=1S/C17H15FN2/c18-14-6-2-4-8-17(14)20-10-9-16-13(11-20)12-5-1-3-7-15(12)19-16/h1-8,19H,9-11H2. The van der Waals surface area contributed by atoms with Crippen LogP contribution in [-0.4, -0.2) is 11.5 Å². The first-order valence-electron chi connectivity index (χ1n) is 6.91. The molecule has 0 aliphatic carbocycles. The molecule has 1 aliphatic heterocycles. The highest BCUT2D eigenvalue weighted by Gasteiger charge is 2.22. The van der Waals surface area contributed by atoms with E-state index >= 15 is 0 Å². The molecule has 0 radical (unpaired) electrons. The van der Waals surface area contributed by atoms with Crippen molar-refractivity contribution < 1.29 is 4.39 Å². The lowest BCUT2D eigenvalue weighted by Gasteiger charge is -2.29. The first-order chi connectivity index (χ1) is 9.83. The van der Waals surface area contributed by atoms with Crippen molar-refractivity contribution in [1.82, 2.24) is 4.98 Å². The number of hydrogen-bond donors (Lipinski definition) is 1. The molecule has 0 amide bonds. The van der Waals surface area contributed by atoms with Gasteiger partial charge in [-0.1, -0.05) is 30.3 Å². The highest BCUT2D eigenvalue weighted by molar-refractivity contribution is 5.85. The number of rotatable bonds is 1. The zero-order valence-corrected chi connectivity index (χ0v) is 11.1. The molecule has 1 aliphatic rings. The molecule has 0 saturated heterocycles. The number of fused-ring (bicyclic) bond motifs is 3. The molecule has 2 nitrogen and oxygen atoms in total. The molecule has 100 valence electrons. The number of benzene rings is 2. The average molecular weight is 266 g/mol. The normalized spacial score (nSPS) is 14.6. The summed E-state index contributed by atoms with van der Waals surface area (Å²) in [5.74, 6) is -0.143. The van der Waals surface area contributed by atoms with Gasteiger partial charge in [0.15, 0.2) is 0 Å². The molecule has 2 aromatic carbocycles. The summed E-state index contributed by atoms with van der Waals surface area (Å²) in [5, 5.41) is 1.25. The van der Waals surface area contributed by atoms with Crippen molar-refractivity contribution in [3.8, 4) is 0 Å². The lowest BCUT2D eigenvalue weighted by atomic mass is 10.0. The Morgan fingerprint density at radius 2 is 1.80 bits per heavy atom. The zero-order valence-electron chi connectivity index (χ0n) is 11.1. The van der Waals surface area contributed by atoms with E-state index in [1.165, 1.54) is 28.2 Å². The van der Waals surface area contributed by atoms with E-state index in [4.69, 9.17) is 0 Å². The fourth-order valence-electron chi connectivity index (χ4n) is 3.08. The van der Waals surface area contributed by atoms with Crippen LogP contribution in [0.2, 0.25) is 0 Å². The lowest BCUT2D eigenvalue weighted by molar-refractivity contribution is 0.610. The predicted octanol–water partition coefficient (Wildman–Crippen LogP) is 3.87. The van der Waals surface area contributed by atoms with Crippen molar-refractivity contribution in [1.29, 1.82) is 0 Å². The maximum atomic E-state index is 13.9. The number of para-hydroxylation sites is 2. The van der Waals surface area contributed by atoms with Gasteiger partial charge < -0.3 is 9.88 Å². The molecular formula is C17H15FN2. The highest BCUT2D eigenvalue weighted by Crippen LogP contribution is 2.31. The van der Waals surface area contributed by atoms with Crippen LogP contribution in [0.4, 0.5) is 10.1 Å². The number of aromatic nitrogens is 1. The van der Waals surface area contributed by atoms with Crippen LogP contribution >= 0.6 is 0 Å². The Labute approximate surface area is 116 Å². The molecule has 0 spiro atoms. The molecule has 0 fully saturated rings. The number of anilines is 1. The maximum absolute atomic E-state index is 13.9. The minimum atomic E-state index is -0.143. The fourth-order valence-corrected chi connectivity index (χ4v) is 3.08. The molecule has 0 unspecified atom stereocenters. The lowest BCUT2D eigenvalue weighted by Crippen LogP contribution is -2.30. The third-order valence-corrected chi connectivity index (χ3v) is 4.08. The van der Waals surface area contributed by atoms with Crippen LogP contribution < -0.4 is 4.90 Å². The van der Waals surface area contributed by atoms with Gasteiger partial charge in [-0.05, 0) is 18.2 Å². The fraction of sp³-hybridized carbons (Fsp3) is 0.176. The second kappa shape index (κ2) is 4.37. The molecule has 2 heterocycles. The van der Waals surface area contributed by atoms with Crippen LogP contribution in [0.5, 0.6) is 0 Å². The van der Waals surface area contributed by atoms with E-state index in [1.54, 1.807) is 6.07 Å². The minimum Gasteiger partial charge on any atom is -0.364 e. The van der Waals surface area contributed by atoms with E-state index in [2.05, 4.69) is 28.1 Å². The number of H-pyrrole nitrogens is 1. The summed E-state index contributed by atoms with van der Waals surface area (Å²) in [7, 11) is 0. The van der Waals surface area contributed by atoms with E-state index in [9.17, 15) is 4.39 Å². The quantitative estimate of drug-likeness (QED) is 0.708. The van der Waals surface area contributed by atoms with Crippen LogP contribution in [-0.2, 0) is 13.0 Å². The monoisotopic (exact) mass is 266 g/mol. The van der Waals surface area contributed by atoms with Crippen molar-refractivity contribution in [2.24, 2.45) is 0 Å². The Morgan fingerprint density at radius 3 is 2.70 bits per heavy atom. The largest absolute Gasteiger partial charge is 0.364 e. The topological polar surface area (TPSA) is 19.0 Å². The molecule has 4 rings (SSSR count). The zero-order chi connectivity index (χ0) is 13.5. The Hall–Kier alpha value is -2.29. The number of hydrogen-bond acceptors (Lipinski definition) is 1. The van der Waals surface area contributed by atoms with Gasteiger partial charge in [-0.3, -0.25) is 0 Å². The van der Waals surface area contributed by atoms with E-state index in [-0.39, 0.29) is 5.82 Å². The molecule has 1 N–H and O–H groups in total. The van der Waals surface area contributed by atoms with E-state index in [0.717, 1.165) is 19.5 Å². The summed E-state index contributed by atoms with van der Waals surface area (Å²) in [6, 6.07) is 15.3. The number of halogens is 1. The van der Waals surface area contributed by atoms with Gasteiger partial charge in [0.05, 0.1) is 5.69 Å². The first-order valence-corrected chi connectivity index (χ1v) is 6.91.